The van der Waals surface area contributed by atoms with Crippen LogP contribution in [-0.2, 0) is 23.8 Å². The van der Waals surface area contributed by atoms with Gasteiger partial charge in [0.2, 0.25) is 0 Å². The summed E-state index contributed by atoms with van der Waals surface area (Å²) in [6, 6.07) is 9.79. The van der Waals surface area contributed by atoms with Crippen LogP contribution in [0.25, 0.3) is 0 Å². The Morgan fingerprint density at radius 1 is 1.08 bits per heavy atom. The fraction of sp³-hybridized carbons (Fsp3) is 0.333. The standard InChI is InChI=1S/C18H20O5S/c1-4-13-15(17(19)21-2)16(18(20)22-3)14(23-13)10-11-24-12-8-6-5-7-9-12/h4-11,13-16H,1H2,2-3H3/b11-10+. The lowest BCUT2D eigenvalue weighted by Crippen LogP contribution is -2.35. The molecular weight excluding hydrogens is 328 g/mol. The summed E-state index contributed by atoms with van der Waals surface area (Å²) in [7, 11) is 2.57. The van der Waals surface area contributed by atoms with Gasteiger partial charge in [0.15, 0.2) is 0 Å². The van der Waals surface area contributed by atoms with Crippen molar-refractivity contribution in [3.63, 3.8) is 0 Å². The van der Waals surface area contributed by atoms with Crippen LogP contribution in [0.2, 0.25) is 0 Å². The number of thioether (sulfide) groups is 1. The van der Waals surface area contributed by atoms with Crippen molar-refractivity contribution < 1.29 is 23.8 Å². The normalized spacial score (nSPS) is 26.2. The number of carbonyl (C=O) groups is 2. The molecule has 1 aliphatic heterocycles. The van der Waals surface area contributed by atoms with Gasteiger partial charge in [-0.3, -0.25) is 9.59 Å². The van der Waals surface area contributed by atoms with Gasteiger partial charge < -0.3 is 14.2 Å². The molecule has 0 aliphatic carbocycles. The summed E-state index contributed by atoms with van der Waals surface area (Å²) in [4.78, 5) is 25.3. The monoisotopic (exact) mass is 348 g/mol. The van der Waals surface area contributed by atoms with E-state index < -0.39 is 36.0 Å². The smallest absolute Gasteiger partial charge is 0.312 e. The zero-order valence-corrected chi connectivity index (χ0v) is 14.4. The highest BCUT2D eigenvalue weighted by atomic mass is 32.2. The molecule has 1 saturated heterocycles. The third-order valence-electron chi connectivity index (χ3n) is 3.80. The van der Waals surface area contributed by atoms with Crippen molar-refractivity contribution in [2.75, 3.05) is 14.2 Å². The van der Waals surface area contributed by atoms with E-state index in [0.717, 1.165) is 4.90 Å². The average molecular weight is 348 g/mol. The van der Waals surface area contributed by atoms with Crippen LogP contribution in [0.4, 0.5) is 0 Å². The molecule has 0 bridgehead atoms. The lowest BCUT2D eigenvalue weighted by atomic mass is 9.87. The number of methoxy groups -OCH3 is 2. The van der Waals surface area contributed by atoms with Crippen LogP contribution < -0.4 is 0 Å². The van der Waals surface area contributed by atoms with Gasteiger partial charge >= 0.3 is 11.9 Å². The Morgan fingerprint density at radius 2 is 1.67 bits per heavy atom. The quantitative estimate of drug-likeness (QED) is 0.448. The van der Waals surface area contributed by atoms with E-state index in [1.54, 1.807) is 6.08 Å². The topological polar surface area (TPSA) is 61.8 Å². The fourth-order valence-corrected chi connectivity index (χ4v) is 3.36. The first-order valence-corrected chi connectivity index (χ1v) is 8.32. The van der Waals surface area contributed by atoms with E-state index in [4.69, 9.17) is 14.2 Å². The third kappa shape index (κ3) is 4.07. The van der Waals surface area contributed by atoms with Gasteiger partial charge in [-0.2, -0.15) is 0 Å². The fourth-order valence-electron chi connectivity index (χ4n) is 2.65. The first-order chi connectivity index (χ1) is 11.6. The van der Waals surface area contributed by atoms with Gasteiger partial charge in [0.1, 0.15) is 11.8 Å². The highest BCUT2D eigenvalue weighted by Gasteiger charge is 2.51. The van der Waals surface area contributed by atoms with E-state index in [-0.39, 0.29) is 0 Å². The van der Waals surface area contributed by atoms with Crippen molar-refractivity contribution in [2.45, 2.75) is 17.1 Å². The van der Waals surface area contributed by atoms with Gasteiger partial charge in [0.25, 0.3) is 0 Å². The van der Waals surface area contributed by atoms with Crippen LogP contribution in [0.15, 0.2) is 59.4 Å². The molecule has 4 unspecified atom stereocenters. The number of ether oxygens (including phenoxy) is 3. The minimum absolute atomic E-state index is 0.505. The first kappa shape index (κ1) is 18.3. The molecule has 0 saturated carbocycles. The lowest BCUT2D eigenvalue weighted by molar-refractivity contribution is -0.156. The number of hydrogen-bond acceptors (Lipinski definition) is 6. The SMILES string of the molecule is C=CC1OC(/C=C/Sc2ccccc2)C(C(=O)OC)C1C(=O)OC. The van der Waals surface area contributed by atoms with Crippen LogP contribution in [0.5, 0.6) is 0 Å². The molecule has 1 aromatic rings. The van der Waals surface area contributed by atoms with Crippen molar-refractivity contribution in [1.29, 1.82) is 0 Å². The molecule has 1 aliphatic rings. The summed E-state index contributed by atoms with van der Waals surface area (Å²) >= 11 is 1.50. The maximum absolute atomic E-state index is 12.2. The molecule has 0 N–H and O–H groups in total. The Balaban J connectivity index is 2.18. The van der Waals surface area contributed by atoms with Crippen LogP contribution in [0, 0.1) is 11.8 Å². The van der Waals surface area contributed by atoms with Crippen LogP contribution >= 0.6 is 11.8 Å². The van der Waals surface area contributed by atoms with Crippen molar-refractivity contribution >= 4 is 23.7 Å². The van der Waals surface area contributed by atoms with Gasteiger partial charge in [-0.25, -0.2) is 0 Å². The lowest BCUT2D eigenvalue weighted by Gasteiger charge is -2.17. The van der Waals surface area contributed by atoms with Crippen molar-refractivity contribution in [1.82, 2.24) is 0 Å². The summed E-state index contributed by atoms with van der Waals surface area (Å²) < 4.78 is 15.5. The Kier molecular flexibility index (Phi) is 6.63. The summed E-state index contributed by atoms with van der Waals surface area (Å²) in [5, 5.41) is 1.84. The van der Waals surface area contributed by atoms with Gasteiger partial charge in [0, 0.05) is 4.90 Å². The molecule has 2 rings (SSSR count). The second-order valence-corrected chi connectivity index (χ2v) is 6.14. The molecule has 0 amide bonds. The highest BCUT2D eigenvalue weighted by Crippen LogP contribution is 2.36. The number of benzene rings is 1. The molecule has 6 heteroatoms. The Bertz CT molecular complexity index is 613. The highest BCUT2D eigenvalue weighted by molar-refractivity contribution is 8.02. The molecule has 1 heterocycles. The summed E-state index contributed by atoms with van der Waals surface area (Å²) in [6.07, 6.45) is 2.09. The molecule has 5 nitrogen and oxygen atoms in total. The Labute approximate surface area is 145 Å². The van der Waals surface area contributed by atoms with Gasteiger partial charge in [0.05, 0.1) is 26.4 Å². The van der Waals surface area contributed by atoms with Crippen LogP contribution in [0.1, 0.15) is 0 Å². The summed E-state index contributed by atoms with van der Waals surface area (Å²) in [5.41, 5.74) is 0. The summed E-state index contributed by atoms with van der Waals surface area (Å²) in [5.74, 6) is -2.55. The van der Waals surface area contributed by atoms with E-state index in [1.165, 1.54) is 32.1 Å². The minimum Gasteiger partial charge on any atom is -0.469 e. The largest absolute Gasteiger partial charge is 0.469 e. The first-order valence-electron chi connectivity index (χ1n) is 7.44. The summed E-state index contributed by atoms with van der Waals surface area (Å²) in [6.45, 7) is 3.68. The number of esters is 2. The minimum atomic E-state index is -0.767. The number of rotatable bonds is 6. The van der Waals surface area contributed by atoms with Crippen molar-refractivity contribution in [2.24, 2.45) is 11.8 Å². The maximum atomic E-state index is 12.2. The molecule has 4 atom stereocenters. The second kappa shape index (κ2) is 8.70. The van der Waals surface area contributed by atoms with Crippen molar-refractivity contribution in [3.8, 4) is 0 Å². The maximum Gasteiger partial charge on any atom is 0.312 e. The Hall–Kier alpha value is -2.05. The molecule has 128 valence electrons. The third-order valence-corrected chi connectivity index (χ3v) is 4.64. The molecule has 0 spiro atoms. The van der Waals surface area contributed by atoms with Gasteiger partial charge in [-0.15, -0.1) is 6.58 Å². The van der Waals surface area contributed by atoms with E-state index in [2.05, 4.69) is 6.58 Å². The van der Waals surface area contributed by atoms with E-state index in [9.17, 15) is 9.59 Å². The Morgan fingerprint density at radius 3 is 2.21 bits per heavy atom. The predicted molar refractivity (Wildman–Crippen MR) is 91.3 cm³/mol. The molecule has 24 heavy (non-hydrogen) atoms. The molecular formula is C18H20O5S. The van der Waals surface area contributed by atoms with Gasteiger partial charge in [-0.05, 0) is 23.6 Å². The van der Waals surface area contributed by atoms with E-state index in [0.29, 0.717) is 0 Å². The van der Waals surface area contributed by atoms with Gasteiger partial charge in [-0.1, -0.05) is 36.0 Å². The predicted octanol–water partition coefficient (Wildman–Crippen LogP) is 2.82. The van der Waals surface area contributed by atoms with E-state index >= 15 is 0 Å². The molecule has 1 fully saturated rings. The number of hydrogen-bond donors (Lipinski definition) is 0. The number of carbonyl (C=O) groups excluding carboxylic acids is 2. The van der Waals surface area contributed by atoms with Crippen molar-refractivity contribution in [3.05, 3.63) is 54.5 Å². The van der Waals surface area contributed by atoms with Crippen LogP contribution in [-0.4, -0.2) is 38.4 Å². The molecule has 0 aromatic heterocycles. The van der Waals surface area contributed by atoms with Crippen LogP contribution in [0.3, 0.4) is 0 Å². The van der Waals surface area contributed by atoms with E-state index in [1.807, 2.05) is 35.7 Å². The zero-order chi connectivity index (χ0) is 17.5. The molecule has 1 aromatic carbocycles. The average Bonchev–Trinajstić information content (AvgIpc) is 2.99. The molecule has 0 radical (unpaired) electrons. The zero-order valence-electron chi connectivity index (χ0n) is 13.6. The second-order valence-electron chi connectivity index (χ2n) is 5.16.